The summed E-state index contributed by atoms with van der Waals surface area (Å²) in [6.45, 7) is 7.11. The molecule has 1 saturated heterocycles. The van der Waals surface area contributed by atoms with Crippen molar-refractivity contribution in [3.05, 3.63) is 70.2 Å². The van der Waals surface area contributed by atoms with Gasteiger partial charge in [0, 0.05) is 43.3 Å². The highest BCUT2D eigenvalue weighted by Crippen LogP contribution is 2.13. The molecule has 0 spiro atoms. The Morgan fingerprint density at radius 3 is 2.39 bits per heavy atom. The first-order valence-electron chi connectivity index (χ1n) is 8.02. The summed E-state index contributed by atoms with van der Waals surface area (Å²) >= 11 is 6.15. The number of rotatable bonds is 4. The third-order valence-corrected chi connectivity index (χ3v) is 4.49. The highest BCUT2D eigenvalue weighted by molar-refractivity contribution is 6.33. The van der Waals surface area contributed by atoms with Crippen LogP contribution in [0.15, 0.2) is 53.6 Å². The van der Waals surface area contributed by atoms with Crippen LogP contribution < -0.4 is 0 Å². The fourth-order valence-corrected chi connectivity index (χ4v) is 2.87. The Kier molecular flexibility index (Phi) is 5.31. The molecule has 1 aliphatic heterocycles. The molecule has 0 bridgehead atoms. The number of aryl methyl sites for hydroxylation is 1. The summed E-state index contributed by atoms with van der Waals surface area (Å²) < 4.78 is 0. The molecule has 3 rings (SSSR count). The summed E-state index contributed by atoms with van der Waals surface area (Å²) in [7, 11) is 0. The highest BCUT2D eigenvalue weighted by atomic mass is 35.5. The number of hydrazone groups is 1. The van der Waals surface area contributed by atoms with E-state index in [4.69, 9.17) is 11.6 Å². The SMILES string of the molecule is Cc1ccc(CN2CCN(/N=C/c3ccccc3Cl)CC2)cc1. The first-order chi connectivity index (χ1) is 11.2. The number of halogens is 1. The Morgan fingerprint density at radius 1 is 1.00 bits per heavy atom. The van der Waals surface area contributed by atoms with E-state index in [-0.39, 0.29) is 0 Å². The molecule has 1 aliphatic rings. The van der Waals surface area contributed by atoms with Crippen molar-refractivity contribution in [3.63, 3.8) is 0 Å². The van der Waals surface area contributed by atoms with Crippen LogP contribution in [0.3, 0.4) is 0 Å². The summed E-state index contributed by atoms with van der Waals surface area (Å²) in [5, 5.41) is 7.43. The molecule has 23 heavy (non-hydrogen) atoms. The van der Waals surface area contributed by atoms with Crippen LogP contribution in [0.5, 0.6) is 0 Å². The number of hydrogen-bond acceptors (Lipinski definition) is 3. The van der Waals surface area contributed by atoms with Crippen LogP contribution in [0.2, 0.25) is 5.02 Å². The van der Waals surface area contributed by atoms with Crippen molar-refractivity contribution >= 4 is 17.8 Å². The first-order valence-corrected chi connectivity index (χ1v) is 8.40. The van der Waals surface area contributed by atoms with Gasteiger partial charge in [0.1, 0.15) is 0 Å². The Bertz CT molecular complexity index is 659. The molecule has 1 heterocycles. The third kappa shape index (κ3) is 4.57. The van der Waals surface area contributed by atoms with Gasteiger partial charge in [0.15, 0.2) is 0 Å². The van der Waals surface area contributed by atoms with E-state index in [2.05, 4.69) is 46.2 Å². The van der Waals surface area contributed by atoms with Crippen molar-refractivity contribution in [1.29, 1.82) is 0 Å². The Balaban J connectivity index is 1.50. The molecular weight excluding hydrogens is 306 g/mol. The molecule has 0 amide bonds. The molecule has 0 atom stereocenters. The third-order valence-electron chi connectivity index (χ3n) is 4.14. The molecule has 0 radical (unpaired) electrons. The predicted molar refractivity (Wildman–Crippen MR) is 97.1 cm³/mol. The van der Waals surface area contributed by atoms with E-state index in [0.29, 0.717) is 0 Å². The minimum Gasteiger partial charge on any atom is -0.295 e. The lowest BCUT2D eigenvalue weighted by molar-refractivity contribution is 0.131. The largest absolute Gasteiger partial charge is 0.295 e. The predicted octanol–water partition coefficient (Wildman–Crippen LogP) is 3.80. The maximum atomic E-state index is 6.15. The van der Waals surface area contributed by atoms with E-state index < -0.39 is 0 Å². The lowest BCUT2D eigenvalue weighted by Crippen LogP contribution is -2.43. The van der Waals surface area contributed by atoms with E-state index in [1.54, 1.807) is 0 Å². The summed E-state index contributed by atoms with van der Waals surface area (Å²) in [5.74, 6) is 0. The molecule has 2 aromatic rings. The van der Waals surface area contributed by atoms with Gasteiger partial charge in [-0.3, -0.25) is 9.91 Å². The average Bonchev–Trinajstić information content (AvgIpc) is 2.58. The summed E-state index contributed by atoms with van der Waals surface area (Å²) in [4.78, 5) is 2.48. The van der Waals surface area contributed by atoms with Crippen LogP contribution in [0, 0.1) is 6.92 Å². The molecule has 1 fully saturated rings. The fraction of sp³-hybridized carbons (Fsp3) is 0.316. The molecule has 0 unspecified atom stereocenters. The quantitative estimate of drug-likeness (QED) is 0.795. The number of benzene rings is 2. The van der Waals surface area contributed by atoms with E-state index >= 15 is 0 Å². The average molecular weight is 328 g/mol. The van der Waals surface area contributed by atoms with E-state index in [1.165, 1.54) is 11.1 Å². The van der Waals surface area contributed by atoms with Crippen LogP contribution in [-0.4, -0.2) is 42.3 Å². The minimum atomic E-state index is 0.745. The molecule has 0 aromatic heterocycles. The summed E-state index contributed by atoms with van der Waals surface area (Å²) in [5.41, 5.74) is 3.66. The lowest BCUT2D eigenvalue weighted by atomic mass is 10.1. The summed E-state index contributed by atoms with van der Waals surface area (Å²) in [6, 6.07) is 16.6. The summed E-state index contributed by atoms with van der Waals surface area (Å²) in [6.07, 6.45) is 1.86. The van der Waals surface area contributed by atoms with Crippen LogP contribution >= 0.6 is 11.6 Å². The molecule has 3 nitrogen and oxygen atoms in total. The van der Waals surface area contributed by atoms with Crippen LogP contribution in [0.25, 0.3) is 0 Å². The molecule has 0 N–H and O–H groups in total. The Morgan fingerprint density at radius 2 is 1.70 bits per heavy atom. The zero-order valence-corrected chi connectivity index (χ0v) is 14.2. The van der Waals surface area contributed by atoms with Crippen molar-refractivity contribution in [2.24, 2.45) is 5.10 Å². The smallest absolute Gasteiger partial charge is 0.0557 e. The first kappa shape index (κ1) is 16.0. The Labute approximate surface area is 143 Å². The van der Waals surface area contributed by atoms with Gasteiger partial charge in [-0.05, 0) is 18.6 Å². The van der Waals surface area contributed by atoms with Gasteiger partial charge in [-0.15, -0.1) is 0 Å². The van der Waals surface area contributed by atoms with Crippen molar-refractivity contribution in [2.45, 2.75) is 13.5 Å². The standard InChI is InChI=1S/C19H22ClN3/c1-16-6-8-17(9-7-16)15-22-10-12-23(13-11-22)21-14-18-4-2-3-5-19(18)20/h2-9,14H,10-13,15H2,1H3/b21-14+. The number of piperazine rings is 1. The number of nitrogens with zero attached hydrogens (tertiary/aromatic N) is 3. The van der Waals surface area contributed by atoms with Gasteiger partial charge >= 0.3 is 0 Å². The zero-order chi connectivity index (χ0) is 16.1. The second-order valence-electron chi connectivity index (χ2n) is 5.98. The molecule has 0 saturated carbocycles. The highest BCUT2D eigenvalue weighted by Gasteiger charge is 2.15. The Hall–Kier alpha value is -1.84. The van der Waals surface area contributed by atoms with Crippen molar-refractivity contribution in [3.8, 4) is 0 Å². The van der Waals surface area contributed by atoms with Crippen molar-refractivity contribution < 1.29 is 0 Å². The van der Waals surface area contributed by atoms with Gasteiger partial charge in [-0.2, -0.15) is 5.10 Å². The van der Waals surface area contributed by atoms with Crippen LogP contribution in [-0.2, 0) is 6.54 Å². The molecule has 4 heteroatoms. The van der Waals surface area contributed by atoms with E-state index in [9.17, 15) is 0 Å². The topological polar surface area (TPSA) is 18.8 Å². The molecular formula is C19H22ClN3. The van der Waals surface area contributed by atoms with Crippen LogP contribution in [0.1, 0.15) is 16.7 Å². The lowest BCUT2D eigenvalue weighted by Gasteiger charge is -2.33. The van der Waals surface area contributed by atoms with Gasteiger partial charge in [-0.25, -0.2) is 0 Å². The molecule has 2 aromatic carbocycles. The number of hydrogen-bond donors (Lipinski definition) is 0. The van der Waals surface area contributed by atoms with Gasteiger partial charge < -0.3 is 0 Å². The normalized spacial score (nSPS) is 16.2. The van der Waals surface area contributed by atoms with E-state index in [1.807, 2.05) is 30.5 Å². The maximum absolute atomic E-state index is 6.15. The maximum Gasteiger partial charge on any atom is 0.0557 e. The van der Waals surface area contributed by atoms with Gasteiger partial charge in [-0.1, -0.05) is 59.6 Å². The van der Waals surface area contributed by atoms with Crippen LogP contribution in [0.4, 0.5) is 0 Å². The molecule has 0 aliphatic carbocycles. The van der Waals surface area contributed by atoms with Gasteiger partial charge in [0.05, 0.1) is 6.21 Å². The van der Waals surface area contributed by atoms with Gasteiger partial charge in [0.25, 0.3) is 0 Å². The second-order valence-corrected chi connectivity index (χ2v) is 6.39. The second kappa shape index (κ2) is 7.62. The van der Waals surface area contributed by atoms with Gasteiger partial charge in [0.2, 0.25) is 0 Å². The van der Waals surface area contributed by atoms with Crippen molar-refractivity contribution in [1.82, 2.24) is 9.91 Å². The fourth-order valence-electron chi connectivity index (χ4n) is 2.69. The minimum absolute atomic E-state index is 0.745. The van der Waals surface area contributed by atoms with E-state index in [0.717, 1.165) is 43.3 Å². The molecule has 120 valence electrons. The van der Waals surface area contributed by atoms with Crippen molar-refractivity contribution in [2.75, 3.05) is 26.2 Å². The zero-order valence-electron chi connectivity index (χ0n) is 13.5. The monoisotopic (exact) mass is 327 g/mol.